The predicted octanol–water partition coefficient (Wildman–Crippen LogP) is 5.24. The molecule has 0 radical (unpaired) electrons. The maximum atomic E-state index is 12.5. The Labute approximate surface area is 195 Å². The normalized spacial score (nSPS) is 25.1. The molecule has 0 bridgehead atoms. The highest BCUT2D eigenvalue weighted by atomic mass is 32.7. The van der Waals surface area contributed by atoms with E-state index in [0.29, 0.717) is 6.42 Å². The van der Waals surface area contributed by atoms with E-state index in [0.717, 1.165) is 22.5 Å². The first-order valence-corrected chi connectivity index (χ1v) is 13.9. The van der Waals surface area contributed by atoms with Gasteiger partial charge in [-0.3, -0.25) is 24.0 Å². The van der Waals surface area contributed by atoms with Crippen LogP contribution in [-0.2, 0) is 28.2 Å². The molecule has 1 amide bonds. The molecule has 4 atom stereocenters. The van der Waals surface area contributed by atoms with E-state index in [-0.39, 0.29) is 41.3 Å². The Balaban J connectivity index is 0.000000433. The summed E-state index contributed by atoms with van der Waals surface area (Å²) in [5.74, 6) is -0.317. The summed E-state index contributed by atoms with van der Waals surface area (Å²) in [6, 6.07) is 0. The smallest absolute Gasteiger partial charge is 0.352 e. The minimum atomic E-state index is -2.92. The highest BCUT2D eigenvalue weighted by Crippen LogP contribution is 2.60. The van der Waals surface area contributed by atoms with Crippen LogP contribution in [0.2, 0.25) is 0 Å². The van der Waals surface area contributed by atoms with Crippen LogP contribution < -0.4 is 5.09 Å². The minimum absolute atomic E-state index is 0.0570. The number of allylic oxidation sites excluding steroid dienone is 4. The van der Waals surface area contributed by atoms with Gasteiger partial charge < -0.3 is 9.26 Å². The quantitative estimate of drug-likeness (QED) is 0.285. The predicted molar refractivity (Wildman–Crippen MR) is 129 cm³/mol. The SMILES string of the molecule is C=CCC1=C(C)C(OC(=O)C2C(C=C(C)C)C2(C)C)CC1=O.COP(=O)(NC(C)=O)SC. The molecule has 0 aromatic carbocycles. The van der Waals surface area contributed by atoms with Crippen molar-refractivity contribution < 1.29 is 28.2 Å². The molecule has 1 saturated carbocycles. The van der Waals surface area contributed by atoms with Crippen LogP contribution in [0.4, 0.5) is 0 Å². The van der Waals surface area contributed by atoms with E-state index < -0.39 is 12.8 Å². The lowest BCUT2D eigenvalue weighted by Crippen LogP contribution is -2.20. The second-order valence-electron chi connectivity index (χ2n) is 8.81. The minimum Gasteiger partial charge on any atom is -0.457 e. The van der Waals surface area contributed by atoms with E-state index in [4.69, 9.17) is 4.74 Å². The lowest BCUT2D eigenvalue weighted by atomic mass is 10.1. The summed E-state index contributed by atoms with van der Waals surface area (Å²) >= 11 is 1.00. The van der Waals surface area contributed by atoms with Gasteiger partial charge in [-0.15, -0.1) is 6.58 Å². The molecule has 0 saturated heterocycles. The summed E-state index contributed by atoms with van der Waals surface area (Å²) in [7, 11) is 1.30. The van der Waals surface area contributed by atoms with Crippen LogP contribution in [0.1, 0.15) is 54.4 Å². The molecule has 0 spiro atoms. The van der Waals surface area contributed by atoms with Gasteiger partial charge in [0.15, 0.2) is 5.78 Å². The van der Waals surface area contributed by atoms with Gasteiger partial charge in [-0.25, -0.2) is 0 Å². The van der Waals surface area contributed by atoms with Crippen LogP contribution in [0, 0.1) is 17.3 Å². The van der Waals surface area contributed by atoms with Crippen LogP contribution in [-0.4, -0.2) is 37.1 Å². The van der Waals surface area contributed by atoms with Gasteiger partial charge in [-0.1, -0.05) is 43.0 Å². The summed E-state index contributed by atoms with van der Waals surface area (Å²) in [5, 5.41) is 2.21. The number of carbonyl (C=O) groups is 3. The fourth-order valence-electron chi connectivity index (χ4n) is 3.78. The van der Waals surface area contributed by atoms with Crippen LogP contribution in [0.15, 0.2) is 35.5 Å². The summed E-state index contributed by atoms with van der Waals surface area (Å²) in [4.78, 5) is 34.9. The number of rotatable bonds is 8. The number of ether oxygens (including phenoxy) is 1. The topological polar surface area (TPSA) is 98.8 Å². The standard InChI is InChI=1S/C19H26O3.C4H10NO3PS/c1-7-8-13-12(4)16(10-15(13)20)22-18(21)17-14(9-11(2)3)19(17,5)6;1-4(6)5-9(7,8-2)10-3/h7,9,14,16-17H,1,8,10H2,2-6H3;1-3H3,(H,5,6,7). The van der Waals surface area contributed by atoms with Crippen molar-refractivity contribution >= 4 is 35.8 Å². The molecule has 2 aliphatic rings. The van der Waals surface area contributed by atoms with E-state index >= 15 is 0 Å². The van der Waals surface area contributed by atoms with E-state index in [1.807, 2.05) is 20.8 Å². The number of nitrogens with one attached hydrogen (secondary N) is 1. The molecule has 7 nitrogen and oxygen atoms in total. The Morgan fingerprint density at radius 1 is 1.31 bits per heavy atom. The highest BCUT2D eigenvalue weighted by Gasteiger charge is 2.61. The number of esters is 1. The summed E-state index contributed by atoms with van der Waals surface area (Å²) in [6.07, 6.45) is 5.92. The zero-order valence-electron chi connectivity index (χ0n) is 20.3. The second-order valence-corrected chi connectivity index (χ2v) is 13.3. The molecule has 4 unspecified atom stereocenters. The number of carbonyl (C=O) groups excluding carboxylic acids is 3. The first-order chi connectivity index (χ1) is 14.7. The first kappa shape index (κ1) is 28.4. The van der Waals surface area contributed by atoms with Crippen molar-refractivity contribution in [2.24, 2.45) is 17.3 Å². The Kier molecular flexibility index (Phi) is 10.2. The van der Waals surface area contributed by atoms with Gasteiger partial charge in [0.25, 0.3) is 0 Å². The largest absolute Gasteiger partial charge is 0.457 e. The molecule has 1 fully saturated rings. The third kappa shape index (κ3) is 7.19. The molecule has 0 heterocycles. The molecule has 0 aromatic rings. The van der Waals surface area contributed by atoms with Gasteiger partial charge >= 0.3 is 12.7 Å². The van der Waals surface area contributed by atoms with Gasteiger partial charge in [0.2, 0.25) is 5.91 Å². The average Bonchev–Trinajstić information content (AvgIpc) is 3.12. The zero-order chi connectivity index (χ0) is 24.9. The summed E-state index contributed by atoms with van der Waals surface area (Å²) < 4.78 is 21.4. The van der Waals surface area contributed by atoms with Crippen molar-refractivity contribution in [1.29, 1.82) is 0 Å². The van der Waals surface area contributed by atoms with Gasteiger partial charge in [-0.2, -0.15) is 0 Å². The zero-order valence-corrected chi connectivity index (χ0v) is 22.0. The van der Waals surface area contributed by atoms with Crippen molar-refractivity contribution in [3.63, 3.8) is 0 Å². The monoisotopic (exact) mass is 485 g/mol. The van der Waals surface area contributed by atoms with E-state index in [1.54, 1.807) is 12.3 Å². The molecule has 0 aliphatic heterocycles. The lowest BCUT2D eigenvalue weighted by molar-refractivity contribution is -0.150. The first-order valence-electron chi connectivity index (χ1n) is 10.4. The van der Waals surface area contributed by atoms with Crippen molar-refractivity contribution in [1.82, 2.24) is 5.09 Å². The summed E-state index contributed by atoms with van der Waals surface area (Å²) in [6.45, 7) is 12.2. The van der Waals surface area contributed by atoms with Gasteiger partial charge in [-0.05, 0) is 50.4 Å². The number of Topliss-reactive ketones (excluding diaryl/α,β-unsaturated/α-hetero) is 1. The molecule has 180 valence electrons. The Morgan fingerprint density at radius 3 is 2.31 bits per heavy atom. The van der Waals surface area contributed by atoms with Crippen molar-refractivity contribution in [3.05, 3.63) is 35.5 Å². The maximum absolute atomic E-state index is 12.5. The number of hydrogen-bond donors (Lipinski definition) is 1. The van der Waals surface area contributed by atoms with Crippen molar-refractivity contribution in [2.75, 3.05) is 13.4 Å². The fraction of sp³-hybridized carbons (Fsp3) is 0.609. The van der Waals surface area contributed by atoms with Crippen LogP contribution in [0.5, 0.6) is 0 Å². The number of hydrogen-bond acceptors (Lipinski definition) is 7. The third-order valence-corrected chi connectivity index (χ3v) is 9.44. The second kappa shape index (κ2) is 11.5. The number of ketones is 1. The van der Waals surface area contributed by atoms with Crippen LogP contribution in [0.3, 0.4) is 0 Å². The Bertz CT molecular complexity index is 864. The van der Waals surface area contributed by atoms with E-state index in [2.05, 4.69) is 36.1 Å². The van der Waals surface area contributed by atoms with Gasteiger partial charge in [0.1, 0.15) is 6.10 Å². The summed E-state index contributed by atoms with van der Waals surface area (Å²) in [5.41, 5.74) is 2.80. The Morgan fingerprint density at radius 2 is 1.91 bits per heavy atom. The van der Waals surface area contributed by atoms with Gasteiger partial charge in [0, 0.05) is 19.6 Å². The van der Waals surface area contributed by atoms with Crippen LogP contribution in [0.25, 0.3) is 0 Å². The molecule has 2 aliphatic carbocycles. The molecule has 9 heteroatoms. The molecular weight excluding hydrogens is 449 g/mol. The highest BCUT2D eigenvalue weighted by molar-refractivity contribution is 8.55. The van der Waals surface area contributed by atoms with Gasteiger partial charge in [0.05, 0.1) is 12.3 Å². The number of amides is 1. The average molecular weight is 486 g/mol. The van der Waals surface area contributed by atoms with E-state index in [9.17, 15) is 18.9 Å². The maximum Gasteiger partial charge on any atom is 0.352 e. The molecular formula is C23H36NO6PS. The molecule has 0 aromatic heterocycles. The van der Waals surface area contributed by atoms with E-state index in [1.165, 1.54) is 19.6 Å². The van der Waals surface area contributed by atoms with Crippen LogP contribution >= 0.6 is 18.1 Å². The fourth-order valence-corrected chi connectivity index (χ4v) is 5.60. The molecule has 32 heavy (non-hydrogen) atoms. The van der Waals surface area contributed by atoms with Crippen molar-refractivity contribution in [3.8, 4) is 0 Å². The van der Waals surface area contributed by atoms with Crippen molar-refractivity contribution in [2.45, 2.75) is 60.5 Å². The third-order valence-electron chi connectivity index (χ3n) is 5.73. The lowest BCUT2D eigenvalue weighted by Gasteiger charge is -2.13. The molecule has 2 rings (SSSR count). The molecule has 1 N–H and O–H groups in total. The Hall–Kier alpha value is -1.63.